The van der Waals surface area contributed by atoms with E-state index < -0.39 is 0 Å². The molecule has 5 rings (SSSR count). The second kappa shape index (κ2) is 7.71. The van der Waals surface area contributed by atoms with Crippen molar-refractivity contribution in [2.45, 2.75) is 63.6 Å². The smallest absolute Gasteiger partial charge is 0.418 e. The summed E-state index contributed by atoms with van der Waals surface area (Å²) in [7, 11) is 1.76. The van der Waals surface area contributed by atoms with E-state index in [1.165, 1.54) is 32.1 Å². The number of amides is 1. The van der Waals surface area contributed by atoms with Crippen LogP contribution in [0.3, 0.4) is 0 Å². The van der Waals surface area contributed by atoms with Gasteiger partial charge in [-0.15, -0.1) is 0 Å². The number of aryl methyl sites for hydroxylation is 1. The lowest BCUT2D eigenvalue weighted by molar-refractivity contribution is -0.105. The lowest BCUT2D eigenvalue weighted by Crippen LogP contribution is -2.68. The van der Waals surface area contributed by atoms with Crippen LogP contribution >= 0.6 is 0 Å². The zero-order valence-electron chi connectivity index (χ0n) is 18.2. The van der Waals surface area contributed by atoms with E-state index in [4.69, 9.17) is 9.15 Å². The number of carbonyl (C=O) groups is 1. The molecule has 4 fully saturated rings. The van der Waals surface area contributed by atoms with E-state index in [-0.39, 0.29) is 17.9 Å². The van der Waals surface area contributed by atoms with Gasteiger partial charge in [0.25, 0.3) is 0 Å². The number of nitrogens with zero attached hydrogens (tertiary/aromatic N) is 4. The average Bonchev–Trinajstić information content (AvgIpc) is 3.27. The van der Waals surface area contributed by atoms with Crippen molar-refractivity contribution in [2.75, 3.05) is 39.3 Å². The van der Waals surface area contributed by atoms with E-state index in [9.17, 15) is 9.59 Å². The molecule has 166 valence electrons. The molecule has 1 aromatic rings. The molecule has 1 amide bonds. The van der Waals surface area contributed by atoms with Crippen molar-refractivity contribution < 1.29 is 13.9 Å². The molecule has 3 aliphatic heterocycles. The third-order valence-electron chi connectivity index (χ3n) is 7.84. The van der Waals surface area contributed by atoms with Crippen LogP contribution in [0.2, 0.25) is 0 Å². The lowest BCUT2D eigenvalue weighted by atomic mass is 9.60. The molecule has 0 aromatic carbocycles. The molecule has 0 unspecified atom stereocenters. The first-order chi connectivity index (χ1) is 14.5. The van der Waals surface area contributed by atoms with Crippen LogP contribution < -0.4 is 5.76 Å². The summed E-state index contributed by atoms with van der Waals surface area (Å²) in [5.41, 5.74) is 0.360. The Morgan fingerprint density at radius 2 is 1.90 bits per heavy atom. The molecule has 8 nitrogen and oxygen atoms in total. The fraction of sp³-hybridized carbons (Fsp3) is 0.818. The van der Waals surface area contributed by atoms with Crippen molar-refractivity contribution in [1.82, 2.24) is 19.3 Å². The predicted octanol–water partition coefficient (Wildman–Crippen LogP) is 2.20. The number of ether oxygens (including phenoxy) is 1. The van der Waals surface area contributed by atoms with Crippen LogP contribution in [-0.2, 0) is 11.8 Å². The lowest BCUT2D eigenvalue weighted by Gasteiger charge is -2.61. The van der Waals surface area contributed by atoms with Gasteiger partial charge in [-0.25, -0.2) is 9.59 Å². The summed E-state index contributed by atoms with van der Waals surface area (Å²) in [4.78, 5) is 30.7. The van der Waals surface area contributed by atoms with Crippen molar-refractivity contribution in [3.63, 3.8) is 0 Å². The summed E-state index contributed by atoms with van der Waals surface area (Å²) in [6.07, 6.45) is 8.78. The Kier molecular flexibility index (Phi) is 5.17. The van der Waals surface area contributed by atoms with Crippen LogP contribution in [-0.4, -0.2) is 76.8 Å². The normalized spacial score (nSPS) is 27.9. The number of hydrogen-bond donors (Lipinski definition) is 0. The molecular weight excluding hydrogens is 384 g/mol. The Morgan fingerprint density at radius 1 is 1.17 bits per heavy atom. The first-order valence-electron chi connectivity index (χ1n) is 11.6. The van der Waals surface area contributed by atoms with Gasteiger partial charge in [0.05, 0.1) is 18.8 Å². The predicted molar refractivity (Wildman–Crippen MR) is 111 cm³/mol. The van der Waals surface area contributed by atoms with Crippen LogP contribution in [0.15, 0.2) is 15.4 Å². The van der Waals surface area contributed by atoms with Crippen LogP contribution in [0, 0.1) is 5.41 Å². The molecule has 1 spiro atoms. The molecule has 4 heterocycles. The van der Waals surface area contributed by atoms with Gasteiger partial charge in [-0.1, -0.05) is 0 Å². The molecular formula is C22H34N4O4. The summed E-state index contributed by atoms with van der Waals surface area (Å²) >= 11 is 0. The SMILES string of the molecule is CCOC(=O)N1CC2(CC(N3CCC(N4CCC[C@@H]4c4cn(C)c(=O)o4)CC3)C2)C1. The minimum atomic E-state index is -0.261. The van der Waals surface area contributed by atoms with E-state index >= 15 is 0 Å². The number of hydrogen-bond acceptors (Lipinski definition) is 6. The molecule has 1 saturated carbocycles. The fourth-order valence-electron chi connectivity index (χ4n) is 6.27. The minimum absolute atomic E-state index is 0.151. The Hall–Kier alpha value is -1.80. The van der Waals surface area contributed by atoms with Crippen LogP contribution in [0.5, 0.6) is 0 Å². The Bertz CT molecular complexity index is 826. The number of piperidine rings is 1. The van der Waals surface area contributed by atoms with Gasteiger partial charge in [-0.2, -0.15) is 0 Å². The van der Waals surface area contributed by atoms with Crippen molar-refractivity contribution >= 4 is 6.09 Å². The number of oxazole rings is 1. The summed E-state index contributed by atoms with van der Waals surface area (Å²) < 4.78 is 12.2. The van der Waals surface area contributed by atoms with Gasteiger partial charge in [0.2, 0.25) is 0 Å². The molecule has 0 radical (unpaired) electrons. The number of aromatic nitrogens is 1. The average molecular weight is 419 g/mol. The molecule has 4 aliphatic rings. The second-order valence-corrected chi connectivity index (χ2v) is 9.79. The highest BCUT2D eigenvalue weighted by Gasteiger charge is 2.55. The number of rotatable bonds is 4. The molecule has 30 heavy (non-hydrogen) atoms. The Morgan fingerprint density at radius 3 is 2.53 bits per heavy atom. The first-order valence-corrected chi connectivity index (χ1v) is 11.6. The highest BCUT2D eigenvalue weighted by Crippen LogP contribution is 2.51. The van der Waals surface area contributed by atoms with Gasteiger partial charge >= 0.3 is 11.8 Å². The maximum absolute atomic E-state index is 11.8. The highest BCUT2D eigenvalue weighted by atomic mass is 16.6. The van der Waals surface area contributed by atoms with Crippen LogP contribution in [0.4, 0.5) is 4.79 Å². The van der Waals surface area contributed by atoms with Gasteiger partial charge < -0.3 is 19.0 Å². The van der Waals surface area contributed by atoms with E-state index in [2.05, 4.69) is 9.80 Å². The summed E-state index contributed by atoms with van der Waals surface area (Å²) in [5, 5.41) is 0. The summed E-state index contributed by atoms with van der Waals surface area (Å²) in [6, 6.07) is 1.51. The van der Waals surface area contributed by atoms with E-state index in [0.29, 0.717) is 24.1 Å². The van der Waals surface area contributed by atoms with Gasteiger partial charge in [-0.3, -0.25) is 9.47 Å². The van der Waals surface area contributed by atoms with Gasteiger partial charge in [0, 0.05) is 37.6 Å². The molecule has 0 N–H and O–H groups in total. The quantitative estimate of drug-likeness (QED) is 0.747. The minimum Gasteiger partial charge on any atom is -0.450 e. The zero-order chi connectivity index (χ0) is 20.9. The molecule has 1 aromatic heterocycles. The largest absolute Gasteiger partial charge is 0.450 e. The molecule has 0 bridgehead atoms. The maximum atomic E-state index is 11.8. The van der Waals surface area contributed by atoms with Crippen LogP contribution in [0.1, 0.15) is 57.3 Å². The molecule has 1 aliphatic carbocycles. The van der Waals surface area contributed by atoms with E-state index in [0.717, 1.165) is 44.9 Å². The van der Waals surface area contributed by atoms with Gasteiger partial charge in [0.1, 0.15) is 5.76 Å². The summed E-state index contributed by atoms with van der Waals surface area (Å²) in [6.45, 7) is 7.45. The summed E-state index contributed by atoms with van der Waals surface area (Å²) in [5.74, 6) is 0.572. The maximum Gasteiger partial charge on any atom is 0.418 e. The monoisotopic (exact) mass is 418 g/mol. The number of carbonyl (C=O) groups excluding carboxylic acids is 1. The Labute approximate surface area is 177 Å². The molecule has 8 heteroatoms. The Balaban J connectivity index is 1.10. The number of likely N-dealkylation sites (tertiary alicyclic amines) is 3. The van der Waals surface area contributed by atoms with Gasteiger partial charge in [0.15, 0.2) is 0 Å². The third kappa shape index (κ3) is 3.47. The van der Waals surface area contributed by atoms with Gasteiger partial charge in [-0.05, 0) is 65.1 Å². The molecule has 1 atom stereocenters. The van der Waals surface area contributed by atoms with Crippen molar-refractivity contribution in [3.05, 3.63) is 22.5 Å². The van der Waals surface area contributed by atoms with Crippen molar-refractivity contribution in [3.8, 4) is 0 Å². The van der Waals surface area contributed by atoms with E-state index in [1.807, 2.05) is 18.0 Å². The first kappa shape index (κ1) is 20.1. The third-order valence-corrected chi connectivity index (χ3v) is 7.84. The zero-order valence-corrected chi connectivity index (χ0v) is 18.2. The van der Waals surface area contributed by atoms with E-state index in [1.54, 1.807) is 11.6 Å². The molecule has 3 saturated heterocycles. The second-order valence-electron chi connectivity index (χ2n) is 9.79. The standard InChI is InChI=1S/C22H34N4O4/c1-3-29-21(28)25-14-22(15-25)11-17(12-22)24-9-6-16(7-10-24)26-8-4-5-18(26)19-13-23(2)20(27)30-19/h13,16-18H,3-12,14-15H2,1-2H3/t18-/m1/s1. The highest BCUT2D eigenvalue weighted by molar-refractivity contribution is 5.69. The van der Waals surface area contributed by atoms with Crippen molar-refractivity contribution in [2.24, 2.45) is 12.5 Å². The van der Waals surface area contributed by atoms with Crippen LogP contribution in [0.25, 0.3) is 0 Å². The topological polar surface area (TPSA) is 71.2 Å². The van der Waals surface area contributed by atoms with Crippen molar-refractivity contribution in [1.29, 1.82) is 0 Å². The fourth-order valence-corrected chi connectivity index (χ4v) is 6.27.